The molecule has 0 aliphatic rings. The molecule has 0 fully saturated rings. The van der Waals surface area contributed by atoms with Crippen molar-refractivity contribution >= 4 is 75.9 Å². The number of hydrogen-bond acceptors (Lipinski definition) is 0. The highest BCUT2D eigenvalue weighted by atomic mass is 15.0. The van der Waals surface area contributed by atoms with Crippen LogP contribution in [0.4, 0.5) is 0 Å². The van der Waals surface area contributed by atoms with Crippen molar-refractivity contribution in [2.75, 3.05) is 0 Å². The second-order valence-electron chi connectivity index (χ2n) is 13.3. The maximum absolute atomic E-state index is 2.53. The molecule has 0 amide bonds. The highest BCUT2D eigenvalue weighted by Gasteiger charge is 2.25. The van der Waals surface area contributed by atoms with Crippen LogP contribution in [0.15, 0.2) is 182 Å². The number of para-hydroxylation sites is 1. The van der Waals surface area contributed by atoms with Crippen molar-refractivity contribution in [3.05, 3.63) is 182 Å². The monoisotopic (exact) mass is 634 g/mol. The summed E-state index contributed by atoms with van der Waals surface area (Å²) in [5.41, 5.74) is 9.65. The molecule has 0 atom stereocenters. The second-order valence-corrected chi connectivity index (χ2v) is 13.3. The maximum atomic E-state index is 2.53. The lowest BCUT2D eigenvalue weighted by molar-refractivity contribution is 1.18. The van der Waals surface area contributed by atoms with Crippen LogP contribution < -0.4 is 0 Å². The Kier molecular flexibility index (Phi) is 5.70. The van der Waals surface area contributed by atoms with Crippen LogP contribution in [-0.2, 0) is 0 Å². The molecule has 2 nitrogen and oxygen atoms in total. The van der Waals surface area contributed by atoms with Gasteiger partial charge in [-0.3, -0.25) is 0 Å². The van der Waals surface area contributed by atoms with Gasteiger partial charge in [-0.25, -0.2) is 0 Å². The van der Waals surface area contributed by atoms with Crippen molar-refractivity contribution in [2.24, 2.45) is 0 Å². The summed E-state index contributed by atoms with van der Waals surface area (Å²) in [5, 5.41) is 12.6. The predicted molar refractivity (Wildman–Crippen MR) is 213 cm³/mol. The van der Waals surface area contributed by atoms with E-state index in [-0.39, 0.29) is 0 Å². The van der Waals surface area contributed by atoms with Gasteiger partial charge in [0.15, 0.2) is 0 Å². The molecule has 0 radical (unpaired) electrons. The average molecular weight is 635 g/mol. The van der Waals surface area contributed by atoms with E-state index in [0.29, 0.717) is 0 Å². The SMILES string of the molecule is c1ccc(-c2ccc(-n3c4ccc5ccccc5c4c4c5ccccc5c5c(c6ccccc6n5-c5ccc6ccccc6c5)c43)cc2)cc1. The van der Waals surface area contributed by atoms with Gasteiger partial charge in [-0.2, -0.15) is 0 Å². The first-order valence-electron chi connectivity index (χ1n) is 17.3. The number of benzene rings is 9. The van der Waals surface area contributed by atoms with E-state index in [1.165, 1.54) is 92.7 Å². The van der Waals surface area contributed by atoms with Gasteiger partial charge in [-0.1, -0.05) is 146 Å². The average Bonchev–Trinajstić information content (AvgIpc) is 3.72. The van der Waals surface area contributed by atoms with E-state index in [2.05, 4.69) is 191 Å². The lowest BCUT2D eigenvalue weighted by Crippen LogP contribution is -1.97. The second kappa shape index (κ2) is 10.4. The third-order valence-corrected chi connectivity index (χ3v) is 10.6. The summed E-state index contributed by atoms with van der Waals surface area (Å²) in [7, 11) is 0. The molecule has 0 saturated heterocycles. The van der Waals surface area contributed by atoms with Crippen molar-refractivity contribution < 1.29 is 0 Å². The minimum Gasteiger partial charge on any atom is -0.309 e. The fraction of sp³-hybridized carbons (Fsp3) is 0. The van der Waals surface area contributed by atoms with Gasteiger partial charge >= 0.3 is 0 Å². The Morgan fingerprint density at radius 3 is 1.68 bits per heavy atom. The topological polar surface area (TPSA) is 9.86 Å². The van der Waals surface area contributed by atoms with Gasteiger partial charge in [-0.05, 0) is 74.5 Å². The van der Waals surface area contributed by atoms with E-state index in [1.54, 1.807) is 0 Å². The van der Waals surface area contributed by atoms with Crippen LogP contribution in [0.5, 0.6) is 0 Å². The molecule has 0 aliphatic heterocycles. The van der Waals surface area contributed by atoms with Crippen LogP contribution in [0, 0.1) is 0 Å². The summed E-state index contributed by atoms with van der Waals surface area (Å²) >= 11 is 0. The molecule has 0 bridgehead atoms. The van der Waals surface area contributed by atoms with Crippen LogP contribution in [0.2, 0.25) is 0 Å². The summed E-state index contributed by atoms with van der Waals surface area (Å²) in [6, 6.07) is 66.7. The smallest absolute Gasteiger partial charge is 0.0648 e. The van der Waals surface area contributed by atoms with Crippen molar-refractivity contribution in [2.45, 2.75) is 0 Å². The zero-order chi connectivity index (χ0) is 32.8. The number of nitrogens with zero attached hydrogens (tertiary/aromatic N) is 2. The van der Waals surface area contributed by atoms with Gasteiger partial charge in [0.1, 0.15) is 0 Å². The highest BCUT2D eigenvalue weighted by Crippen LogP contribution is 2.48. The Morgan fingerprint density at radius 2 is 0.860 bits per heavy atom. The first-order valence-corrected chi connectivity index (χ1v) is 17.3. The van der Waals surface area contributed by atoms with Crippen LogP contribution >= 0.6 is 0 Å². The Balaban J connectivity index is 1.37. The summed E-state index contributed by atoms with van der Waals surface area (Å²) in [5.74, 6) is 0. The summed E-state index contributed by atoms with van der Waals surface area (Å²) in [4.78, 5) is 0. The minimum atomic E-state index is 1.15. The number of fused-ring (bicyclic) bond motifs is 13. The molecule has 11 rings (SSSR count). The minimum absolute atomic E-state index is 1.15. The fourth-order valence-corrected chi connectivity index (χ4v) is 8.49. The molecular formula is C48H30N2. The number of aromatic nitrogens is 2. The predicted octanol–water partition coefficient (Wildman–Crippen LogP) is 13.0. The van der Waals surface area contributed by atoms with E-state index in [1.807, 2.05) is 0 Å². The largest absolute Gasteiger partial charge is 0.309 e. The third-order valence-electron chi connectivity index (χ3n) is 10.6. The van der Waals surface area contributed by atoms with Crippen molar-refractivity contribution in [3.63, 3.8) is 0 Å². The Morgan fingerprint density at radius 1 is 0.280 bits per heavy atom. The van der Waals surface area contributed by atoms with Gasteiger partial charge in [0.25, 0.3) is 0 Å². The molecule has 2 aromatic heterocycles. The lowest BCUT2D eigenvalue weighted by Gasteiger charge is -2.14. The molecule has 232 valence electrons. The molecule has 0 saturated carbocycles. The zero-order valence-electron chi connectivity index (χ0n) is 27.2. The molecule has 9 aromatic carbocycles. The summed E-state index contributed by atoms with van der Waals surface area (Å²) in [6.45, 7) is 0. The molecule has 0 aliphatic carbocycles. The summed E-state index contributed by atoms with van der Waals surface area (Å²) in [6.07, 6.45) is 0. The molecule has 2 heteroatoms. The molecule has 0 unspecified atom stereocenters. The van der Waals surface area contributed by atoms with Gasteiger partial charge < -0.3 is 9.13 Å². The van der Waals surface area contributed by atoms with E-state index in [9.17, 15) is 0 Å². The van der Waals surface area contributed by atoms with E-state index >= 15 is 0 Å². The van der Waals surface area contributed by atoms with Crippen LogP contribution in [0.3, 0.4) is 0 Å². The first kappa shape index (κ1) is 27.3. The molecule has 50 heavy (non-hydrogen) atoms. The highest BCUT2D eigenvalue weighted by molar-refractivity contribution is 6.39. The summed E-state index contributed by atoms with van der Waals surface area (Å²) < 4.78 is 5.02. The van der Waals surface area contributed by atoms with E-state index in [0.717, 1.165) is 5.69 Å². The van der Waals surface area contributed by atoms with Crippen LogP contribution in [0.1, 0.15) is 0 Å². The molecule has 0 spiro atoms. The lowest BCUT2D eigenvalue weighted by atomic mass is 9.97. The van der Waals surface area contributed by atoms with Crippen molar-refractivity contribution in [3.8, 4) is 22.5 Å². The molecule has 0 N–H and O–H groups in total. The van der Waals surface area contributed by atoms with Crippen LogP contribution in [0.25, 0.3) is 98.4 Å². The number of rotatable bonds is 3. The Bertz CT molecular complexity index is 3120. The zero-order valence-corrected chi connectivity index (χ0v) is 27.2. The van der Waals surface area contributed by atoms with E-state index < -0.39 is 0 Å². The van der Waals surface area contributed by atoms with Gasteiger partial charge in [0, 0.05) is 38.3 Å². The Labute approximate surface area is 288 Å². The van der Waals surface area contributed by atoms with Gasteiger partial charge in [0.2, 0.25) is 0 Å². The first-order chi connectivity index (χ1) is 24.8. The maximum Gasteiger partial charge on any atom is 0.0648 e. The van der Waals surface area contributed by atoms with Crippen molar-refractivity contribution in [1.29, 1.82) is 0 Å². The van der Waals surface area contributed by atoms with Crippen molar-refractivity contribution in [1.82, 2.24) is 9.13 Å². The molecular weight excluding hydrogens is 605 g/mol. The quantitative estimate of drug-likeness (QED) is 0.183. The van der Waals surface area contributed by atoms with Gasteiger partial charge in [-0.15, -0.1) is 0 Å². The molecule has 11 aromatic rings. The van der Waals surface area contributed by atoms with Crippen LogP contribution in [-0.4, -0.2) is 9.13 Å². The molecule has 2 heterocycles. The normalized spacial score (nSPS) is 12.0. The number of hydrogen-bond donors (Lipinski definition) is 0. The third kappa shape index (κ3) is 3.79. The standard InChI is InChI=1S/C48H30N2/c1-2-12-31(13-3-1)33-22-26-36(27-23-33)49-43-29-25-34-15-6-7-17-38(34)44(43)45-39-18-8-9-19-40(39)47-46(48(45)49)41-20-10-11-21-42(41)50(47)37-28-24-32-14-4-5-16-35(32)30-37/h1-30H. The van der Waals surface area contributed by atoms with E-state index in [4.69, 9.17) is 0 Å². The Hall–Kier alpha value is -6.64. The van der Waals surface area contributed by atoms with Gasteiger partial charge in [0.05, 0.1) is 22.1 Å². The fourth-order valence-electron chi connectivity index (χ4n) is 8.49.